The number of methoxy groups -OCH3 is 2. The molecule has 0 N–H and O–H groups in total. The van der Waals surface area contributed by atoms with Crippen molar-refractivity contribution in [3.8, 4) is 17.2 Å². The minimum atomic E-state index is -0.0791. The number of ether oxygens (including phenoxy) is 3. The first-order chi connectivity index (χ1) is 10.7. The first-order valence-corrected chi connectivity index (χ1v) is 6.92. The molecule has 0 bridgehead atoms. The van der Waals surface area contributed by atoms with Crippen LogP contribution in [-0.2, 0) is 0 Å². The zero-order valence-electron chi connectivity index (χ0n) is 12.5. The molecule has 0 radical (unpaired) electrons. The van der Waals surface area contributed by atoms with E-state index in [9.17, 15) is 4.79 Å². The second kappa shape index (κ2) is 5.93. The van der Waals surface area contributed by atoms with E-state index in [1.807, 2.05) is 36.4 Å². The van der Waals surface area contributed by atoms with Crippen LogP contribution in [0, 0.1) is 0 Å². The molecule has 22 heavy (non-hydrogen) atoms. The third kappa shape index (κ3) is 2.55. The molecule has 0 aromatic heterocycles. The van der Waals surface area contributed by atoms with Crippen molar-refractivity contribution in [1.29, 1.82) is 0 Å². The maximum atomic E-state index is 12.7. The molecule has 2 aromatic carbocycles. The summed E-state index contributed by atoms with van der Waals surface area (Å²) in [5.74, 6) is 1.47. The van der Waals surface area contributed by atoms with Gasteiger partial charge in [-0.1, -0.05) is 30.3 Å². The molecule has 0 spiro atoms. The molecule has 0 saturated carbocycles. The Morgan fingerprint density at radius 1 is 1.09 bits per heavy atom. The summed E-state index contributed by atoms with van der Waals surface area (Å²) in [6.45, 7) is 0.233. The van der Waals surface area contributed by atoms with Gasteiger partial charge in [0.15, 0.2) is 5.78 Å². The molecule has 0 aliphatic carbocycles. The monoisotopic (exact) mass is 296 g/mol. The van der Waals surface area contributed by atoms with Gasteiger partial charge in [-0.05, 0) is 11.6 Å². The highest BCUT2D eigenvalue weighted by atomic mass is 16.5. The van der Waals surface area contributed by atoms with Crippen molar-refractivity contribution in [2.75, 3.05) is 20.8 Å². The van der Waals surface area contributed by atoms with E-state index in [2.05, 4.69) is 0 Å². The topological polar surface area (TPSA) is 44.8 Å². The highest BCUT2D eigenvalue weighted by Gasteiger charge is 2.28. The summed E-state index contributed by atoms with van der Waals surface area (Å²) >= 11 is 0. The van der Waals surface area contributed by atoms with Crippen molar-refractivity contribution in [2.24, 2.45) is 0 Å². The van der Waals surface area contributed by atoms with Gasteiger partial charge < -0.3 is 14.2 Å². The summed E-state index contributed by atoms with van der Waals surface area (Å²) < 4.78 is 16.2. The zero-order chi connectivity index (χ0) is 15.5. The van der Waals surface area contributed by atoms with Crippen LogP contribution in [0.2, 0.25) is 0 Å². The fraction of sp³-hybridized carbons (Fsp3) is 0.167. The third-order valence-electron chi connectivity index (χ3n) is 3.54. The quantitative estimate of drug-likeness (QED) is 0.815. The Kier molecular flexibility index (Phi) is 3.83. The van der Waals surface area contributed by atoms with Crippen LogP contribution in [0.3, 0.4) is 0 Å². The van der Waals surface area contributed by atoms with Crippen molar-refractivity contribution >= 4 is 11.9 Å². The van der Waals surface area contributed by atoms with E-state index in [0.29, 0.717) is 28.4 Å². The van der Waals surface area contributed by atoms with Crippen molar-refractivity contribution < 1.29 is 19.0 Å². The van der Waals surface area contributed by atoms with Crippen LogP contribution in [0.15, 0.2) is 48.0 Å². The Morgan fingerprint density at radius 2 is 1.86 bits per heavy atom. The van der Waals surface area contributed by atoms with Gasteiger partial charge in [0.05, 0.1) is 14.2 Å². The Hall–Kier alpha value is -2.75. The molecule has 1 heterocycles. The number of ketones is 1. The molecule has 2 aromatic rings. The van der Waals surface area contributed by atoms with Crippen LogP contribution >= 0.6 is 0 Å². The van der Waals surface area contributed by atoms with E-state index in [0.717, 1.165) is 5.56 Å². The minimum absolute atomic E-state index is 0.0791. The molecule has 4 heteroatoms. The molecular formula is C18H16O4. The lowest BCUT2D eigenvalue weighted by molar-refractivity contribution is 0.0997. The molecule has 0 saturated heterocycles. The maximum Gasteiger partial charge on any atom is 0.199 e. The average Bonchev–Trinajstić information content (AvgIpc) is 2.57. The van der Waals surface area contributed by atoms with E-state index in [4.69, 9.17) is 14.2 Å². The number of carbonyl (C=O) groups is 1. The molecular weight excluding hydrogens is 280 g/mol. The van der Waals surface area contributed by atoms with Gasteiger partial charge in [-0.3, -0.25) is 4.79 Å². The fourth-order valence-corrected chi connectivity index (χ4v) is 2.42. The molecule has 0 fully saturated rings. The van der Waals surface area contributed by atoms with Gasteiger partial charge in [-0.2, -0.15) is 0 Å². The van der Waals surface area contributed by atoms with Gasteiger partial charge in [0.2, 0.25) is 0 Å². The van der Waals surface area contributed by atoms with E-state index in [1.165, 1.54) is 7.11 Å². The van der Waals surface area contributed by atoms with Crippen molar-refractivity contribution in [2.45, 2.75) is 0 Å². The molecule has 1 aliphatic heterocycles. The summed E-state index contributed by atoms with van der Waals surface area (Å²) in [7, 11) is 3.09. The van der Waals surface area contributed by atoms with Crippen LogP contribution in [0.1, 0.15) is 15.9 Å². The normalized spacial score (nSPS) is 15.2. The van der Waals surface area contributed by atoms with Gasteiger partial charge in [0.1, 0.15) is 29.4 Å². The van der Waals surface area contributed by atoms with Gasteiger partial charge in [0.25, 0.3) is 0 Å². The summed E-state index contributed by atoms with van der Waals surface area (Å²) in [5.41, 5.74) is 2.00. The number of Topliss-reactive ketones (excluding diaryl/α,β-unsaturated/α-hetero) is 1. The van der Waals surface area contributed by atoms with Gasteiger partial charge in [0, 0.05) is 17.7 Å². The van der Waals surface area contributed by atoms with E-state index >= 15 is 0 Å². The number of hydrogen-bond acceptors (Lipinski definition) is 4. The van der Waals surface area contributed by atoms with Crippen LogP contribution < -0.4 is 14.2 Å². The van der Waals surface area contributed by atoms with Crippen molar-refractivity contribution in [3.05, 3.63) is 59.2 Å². The number of hydrogen-bond donors (Lipinski definition) is 0. The van der Waals surface area contributed by atoms with Crippen LogP contribution in [0.25, 0.3) is 6.08 Å². The predicted molar refractivity (Wildman–Crippen MR) is 83.8 cm³/mol. The molecule has 0 unspecified atom stereocenters. The zero-order valence-corrected chi connectivity index (χ0v) is 12.5. The third-order valence-corrected chi connectivity index (χ3v) is 3.54. The average molecular weight is 296 g/mol. The van der Waals surface area contributed by atoms with Crippen molar-refractivity contribution in [3.63, 3.8) is 0 Å². The summed E-state index contributed by atoms with van der Waals surface area (Å²) in [4.78, 5) is 12.7. The highest BCUT2D eigenvalue weighted by Crippen LogP contribution is 2.38. The molecule has 4 nitrogen and oxygen atoms in total. The Balaban J connectivity index is 2.04. The lowest BCUT2D eigenvalue weighted by Crippen LogP contribution is -2.20. The highest BCUT2D eigenvalue weighted by molar-refractivity contribution is 6.15. The second-order valence-electron chi connectivity index (χ2n) is 4.90. The maximum absolute atomic E-state index is 12.7. The van der Waals surface area contributed by atoms with Gasteiger partial charge >= 0.3 is 0 Å². The molecule has 1 aliphatic rings. The molecule has 3 rings (SSSR count). The molecule has 112 valence electrons. The number of benzene rings is 2. The standard InChI is InChI=1S/C18H16O4/c1-20-14-9-15(21-2)17-16(10-14)22-11-13(18(17)19)8-12-6-4-3-5-7-12/h3-10H,11H2,1-2H3/b13-8+. The van der Waals surface area contributed by atoms with Gasteiger partial charge in [-0.25, -0.2) is 0 Å². The Bertz CT molecular complexity index is 715. The number of fused-ring (bicyclic) bond motifs is 1. The summed E-state index contributed by atoms with van der Waals surface area (Å²) in [5, 5.41) is 0. The Morgan fingerprint density at radius 3 is 2.55 bits per heavy atom. The minimum Gasteiger partial charge on any atom is -0.496 e. The van der Waals surface area contributed by atoms with Crippen LogP contribution in [-0.4, -0.2) is 26.6 Å². The molecule has 0 atom stereocenters. The van der Waals surface area contributed by atoms with Crippen molar-refractivity contribution in [1.82, 2.24) is 0 Å². The van der Waals surface area contributed by atoms with Crippen LogP contribution in [0.5, 0.6) is 17.2 Å². The first-order valence-electron chi connectivity index (χ1n) is 6.92. The van der Waals surface area contributed by atoms with E-state index in [-0.39, 0.29) is 12.4 Å². The van der Waals surface area contributed by atoms with E-state index < -0.39 is 0 Å². The predicted octanol–water partition coefficient (Wildman–Crippen LogP) is 3.36. The lowest BCUT2D eigenvalue weighted by Gasteiger charge is -2.21. The number of rotatable bonds is 3. The fourth-order valence-electron chi connectivity index (χ4n) is 2.42. The van der Waals surface area contributed by atoms with E-state index in [1.54, 1.807) is 19.2 Å². The number of carbonyl (C=O) groups excluding carboxylic acids is 1. The largest absolute Gasteiger partial charge is 0.496 e. The second-order valence-corrected chi connectivity index (χ2v) is 4.90. The summed E-state index contributed by atoms with van der Waals surface area (Å²) in [6, 6.07) is 13.1. The smallest absolute Gasteiger partial charge is 0.199 e. The van der Waals surface area contributed by atoms with Gasteiger partial charge in [-0.15, -0.1) is 0 Å². The SMILES string of the molecule is COc1cc(OC)c2c(c1)OC/C(=C\c1ccccc1)C2=O. The first kappa shape index (κ1) is 14.2. The molecule has 0 amide bonds. The Labute approximate surface area is 128 Å². The lowest BCUT2D eigenvalue weighted by atomic mass is 9.97. The van der Waals surface area contributed by atoms with Crippen LogP contribution in [0.4, 0.5) is 0 Å². The summed E-state index contributed by atoms with van der Waals surface area (Å²) in [6.07, 6.45) is 1.84.